The van der Waals surface area contributed by atoms with Crippen molar-refractivity contribution < 1.29 is 9.53 Å². The quantitative estimate of drug-likeness (QED) is 0.830. The Labute approximate surface area is 122 Å². The van der Waals surface area contributed by atoms with Crippen LogP contribution in [-0.4, -0.2) is 31.2 Å². The summed E-state index contributed by atoms with van der Waals surface area (Å²) in [6.45, 7) is 5.11. The third kappa shape index (κ3) is 4.03. The second-order valence-electron chi connectivity index (χ2n) is 6.99. The van der Waals surface area contributed by atoms with E-state index in [9.17, 15) is 4.79 Å². The van der Waals surface area contributed by atoms with E-state index < -0.39 is 0 Å². The lowest BCUT2D eigenvalue weighted by Crippen LogP contribution is -2.49. The van der Waals surface area contributed by atoms with Gasteiger partial charge in [0.05, 0.1) is 12.3 Å². The Morgan fingerprint density at radius 3 is 2.65 bits per heavy atom. The molecule has 1 saturated heterocycles. The molecule has 1 aliphatic heterocycles. The van der Waals surface area contributed by atoms with Gasteiger partial charge in [-0.3, -0.25) is 10.1 Å². The van der Waals surface area contributed by atoms with Crippen LogP contribution in [0.15, 0.2) is 0 Å². The fraction of sp³-hybridized carbons (Fsp3) is 0.938. The number of rotatable bonds is 4. The molecule has 4 heteroatoms. The number of carbonyl (C=O) groups excluding carboxylic acids is 1. The van der Waals surface area contributed by atoms with Gasteiger partial charge in [-0.25, -0.2) is 0 Å². The predicted octanol–water partition coefficient (Wildman–Crippen LogP) is 2.22. The van der Waals surface area contributed by atoms with Gasteiger partial charge in [-0.2, -0.15) is 0 Å². The average molecular weight is 282 g/mol. The van der Waals surface area contributed by atoms with Crippen molar-refractivity contribution in [3.8, 4) is 0 Å². The zero-order chi connectivity index (χ0) is 14.6. The molecule has 3 N–H and O–H groups in total. The van der Waals surface area contributed by atoms with Crippen LogP contribution in [0.5, 0.6) is 0 Å². The molecule has 1 heterocycles. The van der Waals surface area contributed by atoms with Crippen molar-refractivity contribution in [2.45, 2.75) is 71.1 Å². The Hall–Kier alpha value is -0.450. The molecule has 1 aliphatic carbocycles. The highest BCUT2D eigenvalue weighted by atomic mass is 16.5. The highest BCUT2D eigenvalue weighted by molar-refractivity contribution is 5.76. The first-order chi connectivity index (χ1) is 9.51. The summed E-state index contributed by atoms with van der Waals surface area (Å²) in [5.74, 6) is 0.874. The van der Waals surface area contributed by atoms with Crippen LogP contribution in [0.25, 0.3) is 0 Å². The Balaban J connectivity index is 1.93. The highest BCUT2D eigenvalue weighted by Gasteiger charge is 2.38. The fourth-order valence-corrected chi connectivity index (χ4v) is 3.78. The van der Waals surface area contributed by atoms with Crippen molar-refractivity contribution in [1.29, 1.82) is 0 Å². The van der Waals surface area contributed by atoms with Crippen LogP contribution in [0.3, 0.4) is 0 Å². The van der Waals surface area contributed by atoms with Crippen LogP contribution < -0.4 is 11.1 Å². The standard InChI is InChI=1S/C16H30N2O2/c1-12(19)10-20-14-8-9-16(2,11-18-15(14)17)13-6-4-3-5-7-13/h13-15,18H,3-11,17H2,1-2H3. The lowest BCUT2D eigenvalue weighted by atomic mass is 9.67. The number of ketones is 1. The molecule has 0 aromatic rings. The van der Waals surface area contributed by atoms with Crippen molar-refractivity contribution in [2.75, 3.05) is 13.2 Å². The van der Waals surface area contributed by atoms with Gasteiger partial charge in [0.1, 0.15) is 6.61 Å². The minimum atomic E-state index is -0.153. The number of hydrogen-bond donors (Lipinski definition) is 2. The van der Waals surface area contributed by atoms with E-state index in [-0.39, 0.29) is 24.7 Å². The fourth-order valence-electron chi connectivity index (χ4n) is 3.78. The van der Waals surface area contributed by atoms with Crippen LogP contribution in [0.4, 0.5) is 0 Å². The second-order valence-corrected chi connectivity index (χ2v) is 6.99. The van der Waals surface area contributed by atoms with E-state index >= 15 is 0 Å². The molecule has 1 saturated carbocycles. The normalized spacial score (nSPS) is 36.5. The van der Waals surface area contributed by atoms with E-state index in [1.54, 1.807) is 6.92 Å². The SMILES string of the molecule is CC(=O)COC1CCC(C)(C2CCCCC2)CNC1N. The molecule has 20 heavy (non-hydrogen) atoms. The van der Waals surface area contributed by atoms with Gasteiger partial charge in [0.15, 0.2) is 5.78 Å². The zero-order valence-electron chi connectivity index (χ0n) is 13.0. The van der Waals surface area contributed by atoms with Crippen molar-refractivity contribution in [1.82, 2.24) is 5.32 Å². The molecule has 0 bridgehead atoms. The third-order valence-electron chi connectivity index (χ3n) is 5.23. The predicted molar refractivity (Wildman–Crippen MR) is 80.3 cm³/mol. The molecule has 3 unspecified atom stereocenters. The summed E-state index contributed by atoms with van der Waals surface area (Å²) in [4.78, 5) is 11.1. The maximum atomic E-state index is 11.1. The molecule has 116 valence electrons. The molecule has 4 nitrogen and oxygen atoms in total. The van der Waals surface area contributed by atoms with Crippen LogP contribution in [-0.2, 0) is 9.53 Å². The second kappa shape index (κ2) is 7.01. The monoisotopic (exact) mass is 282 g/mol. The smallest absolute Gasteiger partial charge is 0.155 e. The van der Waals surface area contributed by atoms with Crippen molar-refractivity contribution >= 4 is 5.78 Å². The van der Waals surface area contributed by atoms with Crippen molar-refractivity contribution in [2.24, 2.45) is 17.1 Å². The van der Waals surface area contributed by atoms with E-state index in [0.29, 0.717) is 5.41 Å². The summed E-state index contributed by atoms with van der Waals surface area (Å²) in [6, 6.07) is 0. The van der Waals surface area contributed by atoms with Crippen molar-refractivity contribution in [3.05, 3.63) is 0 Å². The van der Waals surface area contributed by atoms with Gasteiger partial charge in [0, 0.05) is 6.54 Å². The molecular formula is C16H30N2O2. The average Bonchev–Trinajstić information content (AvgIpc) is 2.59. The molecule has 3 atom stereocenters. The summed E-state index contributed by atoms with van der Waals surface area (Å²) in [6.07, 6.45) is 8.75. The number of hydrogen-bond acceptors (Lipinski definition) is 4. The first-order valence-corrected chi connectivity index (χ1v) is 8.11. The van der Waals surface area contributed by atoms with Gasteiger partial charge in [-0.1, -0.05) is 26.2 Å². The lowest BCUT2D eigenvalue weighted by molar-refractivity contribution is -0.124. The molecule has 0 radical (unpaired) electrons. The molecule has 0 spiro atoms. The summed E-state index contributed by atoms with van der Waals surface area (Å²) in [7, 11) is 0. The molecule has 2 fully saturated rings. The number of Topliss-reactive ketones (excluding diaryl/α,β-unsaturated/α-hetero) is 1. The zero-order valence-corrected chi connectivity index (χ0v) is 13.0. The highest BCUT2D eigenvalue weighted by Crippen LogP contribution is 2.42. The van der Waals surface area contributed by atoms with E-state index in [1.165, 1.54) is 32.1 Å². The maximum Gasteiger partial charge on any atom is 0.155 e. The molecule has 2 rings (SSSR count). The van der Waals surface area contributed by atoms with Crippen LogP contribution >= 0.6 is 0 Å². The molecular weight excluding hydrogens is 252 g/mol. The largest absolute Gasteiger partial charge is 0.367 e. The van der Waals surface area contributed by atoms with Gasteiger partial charge >= 0.3 is 0 Å². The number of ether oxygens (including phenoxy) is 1. The van der Waals surface area contributed by atoms with Crippen LogP contribution in [0, 0.1) is 11.3 Å². The Morgan fingerprint density at radius 1 is 1.30 bits per heavy atom. The van der Waals surface area contributed by atoms with E-state index in [2.05, 4.69) is 12.2 Å². The van der Waals surface area contributed by atoms with Crippen molar-refractivity contribution in [3.63, 3.8) is 0 Å². The number of nitrogens with one attached hydrogen (secondary N) is 1. The summed E-state index contributed by atoms with van der Waals surface area (Å²) < 4.78 is 5.68. The number of nitrogens with two attached hydrogens (primary N) is 1. The maximum absolute atomic E-state index is 11.1. The first-order valence-electron chi connectivity index (χ1n) is 8.11. The summed E-state index contributed by atoms with van der Waals surface area (Å²) in [5.41, 5.74) is 6.49. The molecule has 0 aromatic carbocycles. The summed E-state index contributed by atoms with van der Waals surface area (Å²) in [5, 5.41) is 3.45. The van der Waals surface area contributed by atoms with Gasteiger partial charge in [0.2, 0.25) is 0 Å². The van der Waals surface area contributed by atoms with Gasteiger partial charge < -0.3 is 10.5 Å². The van der Waals surface area contributed by atoms with Gasteiger partial charge in [-0.15, -0.1) is 0 Å². The van der Waals surface area contributed by atoms with E-state index in [0.717, 1.165) is 25.3 Å². The van der Waals surface area contributed by atoms with E-state index in [1.807, 2.05) is 0 Å². The lowest BCUT2D eigenvalue weighted by Gasteiger charge is -2.39. The van der Waals surface area contributed by atoms with Gasteiger partial charge in [0.25, 0.3) is 0 Å². The minimum Gasteiger partial charge on any atom is -0.367 e. The molecule has 0 aromatic heterocycles. The van der Waals surface area contributed by atoms with Gasteiger partial charge in [-0.05, 0) is 43.9 Å². The Bertz CT molecular complexity index is 328. The van der Waals surface area contributed by atoms with Crippen LogP contribution in [0.1, 0.15) is 58.8 Å². The Kier molecular flexibility index (Phi) is 5.58. The minimum absolute atomic E-state index is 0.0377. The molecule has 0 amide bonds. The topological polar surface area (TPSA) is 64.3 Å². The number of carbonyl (C=O) groups is 1. The Morgan fingerprint density at radius 2 is 2.00 bits per heavy atom. The van der Waals surface area contributed by atoms with E-state index in [4.69, 9.17) is 10.5 Å². The first kappa shape index (κ1) is 15.9. The van der Waals surface area contributed by atoms with Crippen LogP contribution in [0.2, 0.25) is 0 Å². The third-order valence-corrected chi connectivity index (χ3v) is 5.23. The summed E-state index contributed by atoms with van der Waals surface area (Å²) >= 11 is 0. The molecule has 2 aliphatic rings.